The van der Waals surface area contributed by atoms with Crippen molar-refractivity contribution in [3.63, 3.8) is 0 Å². The summed E-state index contributed by atoms with van der Waals surface area (Å²) in [5.74, 6) is -0.967. The van der Waals surface area contributed by atoms with E-state index in [4.69, 9.17) is 14.2 Å². The average Bonchev–Trinajstić information content (AvgIpc) is 2.68. The summed E-state index contributed by atoms with van der Waals surface area (Å²) in [6, 6.07) is 16.8. The van der Waals surface area contributed by atoms with Crippen molar-refractivity contribution in [1.82, 2.24) is 0 Å². The van der Waals surface area contributed by atoms with Gasteiger partial charge in [-0.15, -0.1) is 0 Å². The molecule has 0 saturated heterocycles. The maximum absolute atomic E-state index is 12.5. The Morgan fingerprint density at radius 2 is 1.58 bits per heavy atom. The van der Waals surface area contributed by atoms with Gasteiger partial charge >= 0.3 is 11.9 Å². The third-order valence-corrected chi connectivity index (χ3v) is 3.71. The Balaban J connectivity index is 2.02. The first-order chi connectivity index (χ1) is 12.5. The van der Waals surface area contributed by atoms with E-state index in [2.05, 4.69) is 6.58 Å². The topological polar surface area (TPSA) is 61.8 Å². The fourth-order valence-electron chi connectivity index (χ4n) is 2.25. The lowest BCUT2D eigenvalue weighted by atomic mass is 10.00. The number of carbonyl (C=O) groups is 2. The summed E-state index contributed by atoms with van der Waals surface area (Å²) in [5.41, 5.74) is 2.49. The van der Waals surface area contributed by atoms with Crippen molar-refractivity contribution >= 4 is 11.9 Å². The zero-order valence-corrected chi connectivity index (χ0v) is 14.9. The molecular formula is C21H22O5. The molecule has 2 rings (SSSR count). The third-order valence-electron chi connectivity index (χ3n) is 3.71. The van der Waals surface area contributed by atoms with Gasteiger partial charge in [0.15, 0.2) is 0 Å². The summed E-state index contributed by atoms with van der Waals surface area (Å²) >= 11 is 0. The standard InChI is InChI=1S/C21H22O5/c1-15(2)20(22)25-13-17(24-3)14-26-21(23)19-12-8-7-11-18(19)16-9-5-4-6-10-16/h4-12,17H,1,13-14H2,2-3H3. The van der Waals surface area contributed by atoms with Crippen molar-refractivity contribution in [3.05, 3.63) is 72.3 Å². The van der Waals surface area contributed by atoms with Crippen LogP contribution >= 0.6 is 0 Å². The average molecular weight is 354 g/mol. The van der Waals surface area contributed by atoms with Crippen LogP contribution in [0.2, 0.25) is 0 Å². The molecular weight excluding hydrogens is 332 g/mol. The molecule has 0 fully saturated rings. The van der Waals surface area contributed by atoms with Crippen LogP contribution in [0.4, 0.5) is 0 Å². The maximum atomic E-state index is 12.5. The number of hydrogen-bond donors (Lipinski definition) is 0. The zero-order valence-electron chi connectivity index (χ0n) is 14.9. The molecule has 136 valence electrons. The molecule has 0 amide bonds. The lowest BCUT2D eigenvalue weighted by Crippen LogP contribution is -2.27. The number of ether oxygens (including phenoxy) is 3. The fourth-order valence-corrected chi connectivity index (χ4v) is 2.25. The lowest BCUT2D eigenvalue weighted by molar-refractivity contribution is -0.143. The van der Waals surface area contributed by atoms with Crippen molar-refractivity contribution in [1.29, 1.82) is 0 Å². The largest absolute Gasteiger partial charge is 0.459 e. The van der Waals surface area contributed by atoms with Crippen molar-refractivity contribution in [2.75, 3.05) is 20.3 Å². The first-order valence-corrected chi connectivity index (χ1v) is 8.20. The molecule has 5 nitrogen and oxygen atoms in total. The van der Waals surface area contributed by atoms with Gasteiger partial charge in [0.25, 0.3) is 0 Å². The molecule has 2 aromatic rings. The number of hydrogen-bond acceptors (Lipinski definition) is 5. The van der Waals surface area contributed by atoms with Gasteiger partial charge in [-0.05, 0) is 24.1 Å². The second-order valence-corrected chi connectivity index (χ2v) is 5.75. The summed E-state index contributed by atoms with van der Waals surface area (Å²) in [6.07, 6.45) is -0.550. The number of methoxy groups -OCH3 is 1. The van der Waals surface area contributed by atoms with Crippen molar-refractivity contribution in [2.45, 2.75) is 13.0 Å². The molecule has 0 bridgehead atoms. The van der Waals surface area contributed by atoms with E-state index in [9.17, 15) is 9.59 Å². The van der Waals surface area contributed by atoms with Gasteiger partial charge in [-0.25, -0.2) is 9.59 Å². The van der Waals surface area contributed by atoms with E-state index < -0.39 is 18.0 Å². The van der Waals surface area contributed by atoms with E-state index in [1.54, 1.807) is 19.1 Å². The molecule has 26 heavy (non-hydrogen) atoms. The molecule has 5 heteroatoms. The van der Waals surface area contributed by atoms with Crippen LogP contribution in [0.1, 0.15) is 17.3 Å². The highest BCUT2D eigenvalue weighted by Gasteiger charge is 2.18. The Bertz CT molecular complexity index is 767. The minimum atomic E-state index is -0.550. The molecule has 2 aromatic carbocycles. The Labute approximate surface area is 153 Å². The molecule has 0 heterocycles. The zero-order chi connectivity index (χ0) is 18.9. The van der Waals surface area contributed by atoms with Crippen LogP contribution in [0, 0.1) is 0 Å². The van der Waals surface area contributed by atoms with Crippen LogP contribution in [0.3, 0.4) is 0 Å². The normalized spacial score (nSPS) is 11.5. The molecule has 1 atom stereocenters. The molecule has 0 spiro atoms. The van der Waals surface area contributed by atoms with Crippen LogP contribution in [-0.4, -0.2) is 38.4 Å². The highest BCUT2D eigenvalue weighted by Crippen LogP contribution is 2.24. The van der Waals surface area contributed by atoms with Crippen molar-refractivity contribution in [3.8, 4) is 11.1 Å². The highest BCUT2D eigenvalue weighted by molar-refractivity contribution is 5.97. The number of benzene rings is 2. The first-order valence-electron chi connectivity index (χ1n) is 8.20. The molecule has 0 aliphatic rings. The van der Waals surface area contributed by atoms with Crippen LogP contribution in [0.5, 0.6) is 0 Å². The lowest BCUT2D eigenvalue weighted by Gasteiger charge is -2.16. The van der Waals surface area contributed by atoms with Crippen molar-refractivity contribution in [2.24, 2.45) is 0 Å². The quantitative estimate of drug-likeness (QED) is 0.535. The molecule has 0 aliphatic heterocycles. The Morgan fingerprint density at radius 3 is 2.23 bits per heavy atom. The van der Waals surface area contributed by atoms with Gasteiger partial charge in [0, 0.05) is 12.7 Å². The van der Waals surface area contributed by atoms with E-state index in [-0.39, 0.29) is 13.2 Å². The van der Waals surface area contributed by atoms with Gasteiger partial charge in [0.05, 0.1) is 5.56 Å². The minimum Gasteiger partial charge on any atom is -0.459 e. The fraction of sp³-hybridized carbons (Fsp3) is 0.238. The van der Waals surface area contributed by atoms with E-state index in [1.165, 1.54) is 7.11 Å². The van der Waals surface area contributed by atoms with E-state index in [1.807, 2.05) is 42.5 Å². The molecule has 0 aliphatic carbocycles. The molecule has 0 saturated carbocycles. The predicted molar refractivity (Wildman–Crippen MR) is 98.7 cm³/mol. The Morgan fingerprint density at radius 1 is 0.962 bits per heavy atom. The first kappa shape index (κ1) is 19.4. The Kier molecular flexibility index (Phi) is 7.12. The van der Waals surface area contributed by atoms with Crippen LogP contribution in [-0.2, 0) is 19.0 Å². The maximum Gasteiger partial charge on any atom is 0.338 e. The van der Waals surface area contributed by atoms with Crippen LogP contribution < -0.4 is 0 Å². The third kappa shape index (κ3) is 5.29. The van der Waals surface area contributed by atoms with Gasteiger partial charge in [0.1, 0.15) is 19.3 Å². The highest BCUT2D eigenvalue weighted by atomic mass is 16.6. The Hall–Kier alpha value is -2.92. The molecule has 0 radical (unpaired) electrons. The van der Waals surface area contributed by atoms with E-state index in [0.29, 0.717) is 11.1 Å². The van der Waals surface area contributed by atoms with Gasteiger partial charge in [-0.1, -0.05) is 55.1 Å². The smallest absolute Gasteiger partial charge is 0.338 e. The summed E-state index contributed by atoms with van der Waals surface area (Å²) in [4.78, 5) is 23.9. The van der Waals surface area contributed by atoms with Crippen LogP contribution in [0.25, 0.3) is 11.1 Å². The number of carbonyl (C=O) groups excluding carboxylic acids is 2. The van der Waals surface area contributed by atoms with Gasteiger partial charge < -0.3 is 14.2 Å². The SMILES string of the molecule is C=C(C)C(=O)OCC(COC(=O)c1ccccc1-c1ccccc1)OC. The van der Waals surface area contributed by atoms with Gasteiger partial charge in [-0.3, -0.25) is 0 Å². The second kappa shape index (κ2) is 9.53. The summed E-state index contributed by atoms with van der Waals surface area (Å²) in [7, 11) is 1.46. The summed E-state index contributed by atoms with van der Waals surface area (Å²) in [5, 5.41) is 0. The van der Waals surface area contributed by atoms with Crippen LogP contribution in [0.15, 0.2) is 66.7 Å². The van der Waals surface area contributed by atoms with Gasteiger partial charge in [0.2, 0.25) is 0 Å². The van der Waals surface area contributed by atoms with E-state index in [0.717, 1.165) is 11.1 Å². The second-order valence-electron chi connectivity index (χ2n) is 5.75. The minimum absolute atomic E-state index is 0.0181. The molecule has 1 unspecified atom stereocenters. The van der Waals surface area contributed by atoms with Crippen molar-refractivity contribution < 1.29 is 23.8 Å². The monoisotopic (exact) mass is 354 g/mol. The number of esters is 2. The molecule has 0 aromatic heterocycles. The van der Waals surface area contributed by atoms with E-state index >= 15 is 0 Å². The summed E-state index contributed by atoms with van der Waals surface area (Å²) < 4.78 is 15.6. The number of rotatable bonds is 8. The molecule has 0 N–H and O–H groups in total. The predicted octanol–water partition coefficient (Wildman–Crippen LogP) is 3.64. The summed E-state index contributed by atoms with van der Waals surface area (Å²) in [6.45, 7) is 5.03. The van der Waals surface area contributed by atoms with Gasteiger partial charge in [-0.2, -0.15) is 0 Å².